The molecule has 1 aliphatic heterocycles. The number of nitrogens with zero attached hydrogens (tertiary/aromatic N) is 3. The zero-order chi connectivity index (χ0) is 24.1. The minimum absolute atomic E-state index is 0.0869. The second kappa shape index (κ2) is 6.98. The molecule has 2 aliphatic rings. The Morgan fingerprint density at radius 2 is 2.07 bits per heavy atom. The van der Waals surface area contributed by atoms with Gasteiger partial charge >= 0.3 is 0 Å². The van der Waals surface area contributed by atoms with E-state index in [-0.39, 0.29) is 22.6 Å². The maximum Gasteiger partial charge on any atom is 0.259 e. The molecule has 1 heterocycles. The van der Waals surface area contributed by atoms with Crippen LogP contribution in [0.1, 0.15) is 40.7 Å². The molecule has 4 rings (SSSR count). The molecular formula is C22H20N4O2S. The Labute approximate surface area is 180 Å². The van der Waals surface area contributed by atoms with E-state index >= 15 is 0 Å². The third kappa shape index (κ3) is 2.79. The van der Waals surface area contributed by atoms with Gasteiger partial charge in [0, 0.05) is 28.0 Å². The van der Waals surface area contributed by atoms with Crippen LogP contribution in [0.25, 0.3) is 4.85 Å². The van der Waals surface area contributed by atoms with E-state index in [9.17, 15) is 9.59 Å². The second-order valence-electron chi connectivity index (χ2n) is 7.14. The van der Waals surface area contributed by atoms with Crippen LogP contribution in [0, 0.1) is 13.5 Å². The zero-order valence-electron chi connectivity index (χ0n) is 19.7. The van der Waals surface area contributed by atoms with Crippen LogP contribution in [0.5, 0.6) is 0 Å². The van der Waals surface area contributed by atoms with Crippen molar-refractivity contribution in [3.63, 3.8) is 0 Å². The van der Waals surface area contributed by atoms with Crippen molar-refractivity contribution in [3.8, 4) is 0 Å². The molecule has 1 saturated heterocycles. The molecule has 29 heavy (non-hydrogen) atoms. The number of nitrogens with one attached hydrogen (secondary N) is 1. The number of hydrogen-bond acceptors (Lipinski definition) is 3. The predicted octanol–water partition coefficient (Wildman–Crippen LogP) is 3.97. The second-order valence-corrected chi connectivity index (χ2v) is 7.51. The predicted molar refractivity (Wildman–Crippen MR) is 116 cm³/mol. The molecule has 2 aromatic carbocycles. The summed E-state index contributed by atoms with van der Waals surface area (Å²) in [5.74, 6) is -1.04. The summed E-state index contributed by atoms with van der Waals surface area (Å²) < 4.78 is 29.9. The highest BCUT2D eigenvalue weighted by atomic mass is 32.1. The highest BCUT2D eigenvalue weighted by Crippen LogP contribution is 2.48. The molecule has 2 fully saturated rings. The highest BCUT2D eigenvalue weighted by molar-refractivity contribution is 7.81. The summed E-state index contributed by atoms with van der Waals surface area (Å²) in [7, 11) is 0. The quantitative estimate of drug-likeness (QED) is 0.617. The number of amides is 2. The summed E-state index contributed by atoms with van der Waals surface area (Å²) in [5, 5.41) is 2.14. The van der Waals surface area contributed by atoms with Gasteiger partial charge in [-0.3, -0.25) is 14.5 Å². The first-order chi connectivity index (χ1) is 15.5. The molecule has 1 saturated carbocycles. The van der Waals surface area contributed by atoms with Crippen LogP contribution >= 0.6 is 12.2 Å². The fourth-order valence-electron chi connectivity index (χ4n) is 3.88. The van der Waals surface area contributed by atoms with Crippen LogP contribution in [-0.4, -0.2) is 29.4 Å². The Hall–Kier alpha value is -3.24. The Kier molecular flexibility index (Phi) is 3.54. The van der Waals surface area contributed by atoms with Crippen LogP contribution < -0.4 is 15.1 Å². The minimum Gasteiger partial charge on any atom is -0.355 e. The third-order valence-corrected chi connectivity index (χ3v) is 5.93. The molecule has 0 radical (unpaired) electrons. The zero-order valence-corrected chi connectivity index (χ0v) is 16.5. The first kappa shape index (κ1) is 14.7. The lowest BCUT2D eigenvalue weighted by Gasteiger charge is -2.43. The number of anilines is 2. The van der Waals surface area contributed by atoms with E-state index in [0.717, 1.165) is 12.0 Å². The van der Waals surface area contributed by atoms with Gasteiger partial charge in [0.25, 0.3) is 11.8 Å². The van der Waals surface area contributed by atoms with Gasteiger partial charge in [0.2, 0.25) is 0 Å². The average Bonchev–Trinajstić information content (AvgIpc) is 2.93. The molecule has 0 bridgehead atoms. The van der Waals surface area contributed by atoms with E-state index in [1.54, 1.807) is 36.1 Å². The monoisotopic (exact) mass is 408 g/mol. The van der Waals surface area contributed by atoms with Crippen molar-refractivity contribution in [2.75, 3.05) is 16.8 Å². The van der Waals surface area contributed by atoms with Crippen molar-refractivity contribution in [2.24, 2.45) is 0 Å². The van der Waals surface area contributed by atoms with Crippen molar-refractivity contribution in [1.82, 2.24) is 5.32 Å². The fourth-order valence-corrected chi connectivity index (χ4v) is 4.35. The molecule has 146 valence electrons. The number of carbonyl (C=O) groups excluding carboxylic acids is 2. The van der Waals surface area contributed by atoms with Gasteiger partial charge < -0.3 is 10.2 Å². The van der Waals surface area contributed by atoms with E-state index in [1.165, 1.54) is 17.0 Å². The third-order valence-electron chi connectivity index (χ3n) is 5.56. The molecule has 2 amide bonds. The number of aryl methyl sites for hydroxylation is 1. The summed E-state index contributed by atoms with van der Waals surface area (Å²) in [4.78, 5) is 32.4. The number of rotatable bonds is 3. The summed E-state index contributed by atoms with van der Waals surface area (Å²) in [6.45, 7) is 6.37. The van der Waals surface area contributed by atoms with Crippen LogP contribution in [0.4, 0.5) is 17.1 Å². The smallest absolute Gasteiger partial charge is 0.259 e. The lowest BCUT2D eigenvalue weighted by atomic mass is 9.75. The molecule has 1 N–H and O–H groups in total. The fraction of sp³-hybridized carbons (Fsp3) is 0.273. The molecule has 0 aromatic heterocycles. The van der Waals surface area contributed by atoms with E-state index in [0.29, 0.717) is 29.9 Å². The Bertz CT molecular complexity index is 1230. The number of thiocarbonyl (C=S) groups is 1. The first-order valence-corrected chi connectivity index (χ1v) is 9.49. The van der Waals surface area contributed by atoms with Gasteiger partial charge in [0.15, 0.2) is 10.8 Å². The summed E-state index contributed by atoms with van der Waals surface area (Å²) >= 11 is 5.71. The minimum atomic E-state index is -2.66. The van der Waals surface area contributed by atoms with Gasteiger partial charge in [-0.1, -0.05) is 6.07 Å². The van der Waals surface area contributed by atoms with E-state index < -0.39 is 18.4 Å². The van der Waals surface area contributed by atoms with Gasteiger partial charge in [-0.05, 0) is 80.3 Å². The Morgan fingerprint density at radius 1 is 1.31 bits per heavy atom. The number of hydrogen-bond donors (Lipinski definition) is 1. The van der Waals surface area contributed by atoms with Gasteiger partial charge in [-0.15, -0.1) is 0 Å². The first-order valence-electron chi connectivity index (χ1n) is 11.1. The SMILES string of the molecule is [2H]c1cc(N2C(=S)N(c3ccc([N+]#[C-])c(C)c3)C(=O)C23CCC3)ccc1C(=O)NC([2H])([2H])[2H]. The average molecular weight is 409 g/mol. The summed E-state index contributed by atoms with van der Waals surface area (Å²) in [5.41, 5.74) is 1.34. The van der Waals surface area contributed by atoms with Crippen LogP contribution in [0.15, 0.2) is 42.4 Å². The highest BCUT2D eigenvalue weighted by Gasteiger charge is 2.59. The van der Waals surface area contributed by atoms with Gasteiger partial charge in [0.05, 0.1) is 7.94 Å². The van der Waals surface area contributed by atoms with Crippen molar-refractivity contribution in [3.05, 3.63) is 65.0 Å². The van der Waals surface area contributed by atoms with E-state index in [4.69, 9.17) is 24.3 Å². The summed E-state index contributed by atoms with van der Waals surface area (Å²) in [6.07, 6.45) is 2.04. The van der Waals surface area contributed by atoms with Crippen molar-refractivity contribution >= 4 is 46.2 Å². The molecule has 1 spiro atoms. The number of carbonyl (C=O) groups is 2. The molecule has 0 atom stereocenters. The van der Waals surface area contributed by atoms with E-state index in [1.807, 2.05) is 5.32 Å². The standard InChI is InChI=1S/C22H20N4O2S/c1-14-13-17(9-10-18(14)23-2)25-20(28)22(11-4-12-22)26(21(25)29)16-7-5-15(6-8-16)19(27)24-3/h5-10,13H,4,11-12H2,1,3H3,(H,24,27)/i3D3,5D. The molecule has 2 aromatic rings. The molecule has 6 nitrogen and oxygen atoms in total. The van der Waals surface area contributed by atoms with Crippen LogP contribution in [-0.2, 0) is 4.79 Å². The van der Waals surface area contributed by atoms with Gasteiger partial charge in [0.1, 0.15) is 5.54 Å². The maximum atomic E-state index is 13.5. The lowest BCUT2D eigenvalue weighted by Crippen LogP contribution is -2.55. The Morgan fingerprint density at radius 3 is 2.66 bits per heavy atom. The van der Waals surface area contributed by atoms with Crippen molar-refractivity contribution in [2.45, 2.75) is 31.7 Å². The molecular weight excluding hydrogens is 384 g/mol. The maximum absolute atomic E-state index is 13.5. The molecule has 1 aliphatic carbocycles. The van der Waals surface area contributed by atoms with E-state index in [2.05, 4.69) is 4.85 Å². The van der Waals surface area contributed by atoms with Crippen LogP contribution in [0.2, 0.25) is 0 Å². The molecule has 7 heteroatoms. The van der Waals surface area contributed by atoms with Crippen LogP contribution in [0.3, 0.4) is 0 Å². The number of benzene rings is 2. The van der Waals surface area contributed by atoms with Crippen molar-refractivity contribution < 1.29 is 15.1 Å². The van der Waals surface area contributed by atoms with Gasteiger partial charge in [-0.25, -0.2) is 4.85 Å². The lowest BCUT2D eigenvalue weighted by molar-refractivity contribution is -0.123. The largest absolute Gasteiger partial charge is 0.355 e. The van der Waals surface area contributed by atoms with Crippen molar-refractivity contribution in [1.29, 1.82) is 0 Å². The topological polar surface area (TPSA) is 57.0 Å². The Balaban J connectivity index is 1.72. The molecule has 0 unspecified atom stereocenters. The van der Waals surface area contributed by atoms with Gasteiger partial charge in [-0.2, -0.15) is 0 Å². The summed E-state index contributed by atoms with van der Waals surface area (Å²) in [6, 6.07) is 9.30. The normalized spacial score (nSPS) is 19.7.